The summed E-state index contributed by atoms with van der Waals surface area (Å²) >= 11 is 0. The number of hydrogen-bond acceptors (Lipinski definition) is 2. The molecule has 2 atom stereocenters. The first-order valence-corrected chi connectivity index (χ1v) is 7.30. The fraction of sp³-hybridized carbons (Fsp3) is 1.00. The Morgan fingerprint density at radius 2 is 2.00 bits per heavy atom. The summed E-state index contributed by atoms with van der Waals surface area (Å²) in [5.41, 5.74) is 0. The van der Waals surface area contributed by atoms with E-state index in [1.54, 1.807) is 0 Å². The molecule has 2 heterocycles. The smallest absolute Gasteiger partial charge is 0.0111 e. The largest absolute Gasteiger partial charge is 0.314 e. The van der Waals surface area contributed by atoms with Crippen molar-refractivity contribution in [2.75, 3.05) is 19.6 Å². The second-order valence-corrected chi connectivity index (χ2v) is 5.64. The highest BCUT2D eigenvalue weighted by atomic mass is 15.2. The summed E-state index contributed by atoms with van der Waals surface area (Å²) in [5.74, 6) is 0.890. The fourth-order valence-corrected chi connectivity index (χ4v) is 3.32. The monoisotopic (exact) mass is 224 g/mol. The first kappa shape index (κ1) is 12.4. The minimum absolute atomic E-state index is 0.806. The molecule has 2 fully saturated rings. The van der Waals surface area contributed by atoms with Crippen molar-refractivity contribution < 1.29 is 0 Å². The van der Waals surface area contributed by atoms with E-state index < -0.39 is 0 Å². The number of rotatable bonds is 5. The summed E-state index contributed by atoms with van der Waals surface area (Å²) in [5, 5.41) is 3.81. The van der Waals surface area contributed by atoms with Gasteiger partial charge < -0.3 is 10.2 Å². The van der Waals surface area contributed by atoms with Crippen molar-refractivity contribution >= 4 is 0 Å². The van der Waals surface area contributed by atoms with Crippen LogP contribution >= 0.6 is 0 Å². The predicted octanol–water partition coefficient (Wildman–Crippen LogP) is 2.64. The molecule has 1 N–H and O–H groups in total. The summed E-state index contributed by atoms with van der Waals surface area (Å²) in [6, 6.07) is 1.72. The molecule has 16 heavy (non-hydrogen) atoms. The van der Waals surface area contributed by atoms with Crippen LogP contribution in [-0.2, 0) is 0 Å². The summed E-state index contributed by atoms with van der Waals surface area (Å²) in [6.07, 6.45) is 8.31. The Balaban J connectivity index is 1.70. The van der Waals surface area contributed by atoms with Gasteiger partial charge in [0.2, 0.25) is 0 Å². The lowest BCUT2D eigenvalue weighted by Gasteiger charge is -2.35. The molecule has 0 spiro atoms. The standard InChI is InChI=1S/C14H28N2/c1-3-12(4-2)11-15-13-7-9-16-8-5-6-14(16)10-13/h12-15H,3-11H2,1-2H3. The lowest BCUT2D eigenvalue weighted by atomic mass is 9.96. The van der Waals surface area contributed by atoms with Gasteiger partial charge in [0.05, 0.1) is 0 Å². The van der Waals surface area contributed by atoms with Crippen molar-refractivity contribution in [1.29, 1.82) is 0 Å². The highest BCUT2D eigenvalue weighted by Crippen LogP contribution is 2.26. The van der Waals surface area contributed by atoms with E-state index in [1.165, 1.54) is 58.2 Å². The molecule has 0 saturated carbocycles. The summed E-state index contributed by atoms with van der Waals surface area (Å²) in [6.45, 7) is 8.57. The van der Waals surface area contributed by atoms with E-state index in [-0.39, 0.29) is 0 Å². The van der Waals surface area contributed by atoms with Gasteiger partial charge in [0.25, 0.3) is 0 Å². The van der Waals surface area contributed by atoms with Gasteiger partial charge in [0.1, 0.15) is 0 Å². The molecule has 2 nitrogen and oxygen atoms in total. The second-order valence-electron chi connectivity index (χ2n) is 5.64. The predicted molar refractivity (Wildman–Crippen MR) is 69.7 cm³/mol. The number of fused-ring (bicyclic) bond motifs is 1. The van der Waals surface area contributed by atoms with Crippen LogP contribution in [0.15, 0.2) is 0 Å². The molecule has 2 rings (SSSR count). The van der Waals surface area contributed by atoms with E-state index in [2.05, 4.69) is 24.1 Å². The Hall–Kier alpha value is -0.0800. The van der Waals surface area contributed by atoms with Crippen LogP contribution in [0.25, 0.3) is 0 Å². The summed E-state index contributed by atoms with van der Waals surface area (Å²) < 4.78 is 0. The molecule has 2 saturated heterocycles. The van der Waals surface area contributed by atoms with Crippen molar-refractivity contribution in [1.82, 2.24) is 10.2 Å². The number of hydrogen-bond donors (Lipinski definition) is 1. The van der Waals surface area contributed by atoms with Crippen LogP contribution in [0.4, 0.5) is 0 Å². The normalized spacial score (nSPS) is 30.9. The Kier molecular flexibility index (Phi) is 4.66. The van der Waals surface area contributed by atoms with Crippen LogP contribution in [0.3, 0.4) is 0 Å². The van der Waals surface area contributed by atoms with E-state index in [1.807, 2.05) is 0 Å². The van der Waals surface area contributed by atoms with E-state index in [4.69, 9.17) is 0 Å². The van der Waals surface area contributed by atoms with Crippen LogP contribution in [0.5, 0.6) is 0 Å². The average molecular weight is 224 g/mol. The topological polar surface area (TPSA) is 15.3 Å². The van der Waals surface area contributed by atoms with Gasteiger partial charge in [-0.3, -0.25) is 0 Å². The highest BCUT2D eigenvalue weighted by Gasteiger charge is 2.31. The molecule has 0 aromatic rings. The molecule has 2 unspecified atom stereocenters. The third-order valence-corrected chi connectivity index (χ3v) is 4.67. The maximum atomic E-state index is 3.81. The van der Waals surface area contributed by atoms with Crippen LogP contribution in [0, 0.1) is 5.92 Å². The van der Waals surface area contributed by atoms with E-state index in [0.29, 0.717) is 0 Å². The molecule has 2 aliphatic heterocycles. The van der Waals surface area contributed by atoms with Gasteiger partial charge >= 0.3 is 0 Å². The zero-order valence-electron chi connectivity index (χ0n) is 11.0. The molecule has 2 heteroatoms. The molecular weight excluding hydrogens is 196 g/mol. The summed E-state index contributed by atoms with van der Waals surface area (Å²) in [4.78, 5) is 2.70. The number of piperidine rings is 1. The van der Waals surface area contributed by atoms with Gasteiger partial charge in [-0.1, -0.05) is 26.7 Å². The highest BCUT2D eigenvalue weighted by molar-refractivity contribution is 4.89. The molecule has 94 valence electrons. The number of nitrogens with one attached hydrogen (secondary N) is 1. The van der Waals surface area contributed by atoms with Crippen LogP contribution in [0.1, 0.15) is 52.4 Å². The quantitative estimate of drug-likeness (QED) is 0.772. The zero-order valence-corrected chi connectivity index (χ0v) is 11.0. The maximum absolute atomic E-state index is 3.81. The van der Waals surface area contributed by atoms with Gasteiger partial charge in [0.15, 0.2) is 0 Å². The minimum Gasteiger partial charge on any atom is -0.314 e. The molecule has 0 bridgehead atoms. The van der Waals surface area contributed by atoms with Crippen LogP contribution in [-0.4, -0.2) is 36.6 Å². The van der Waals surface area contributed by atoms with Crippen molar-refractivity contribution in [3.8, 4) is 0 Å². The molecule has 2 aliphatic rings. The van der Waals surface area contributed by atoms with Crippen LogP contribution < -0.4 is 5.32 Å². The van der Waals surface area contributed by atoms with Gasteiger partial charge in [-0.25, -0.2) is 0 Å². The zero-order chi connectivity index (χ0) is 11.4. The van der Waals surface area contributed by atoms with Gasteiger partial charge in [0, 0.05) is 12.1 Å². The lowest BCUT2D eigenvalue weighted by Crippen LogP contribution is -2.46. The first-order chi connectivity index (χ1) is 7.83. The summed E-state index contributed by atoms with van der Waals surface area (Å²) in [7, 11) is 0. The van der Waals surface area contributed by atoms with Gasteiger partial charge in [-0.2, -0.15) is 0 Å². The molecule has 0 aromatic carbocycles. The van der Waals surface area contributed by atoms with Crippen molar-refractivity contribution in [2.45, 2.75) is 64.5 Å². The van der Waals surface area contributed by atoms with Crippen molar-refractivity contribution in [2.24, 2.45) is 5.92 Å². The first-order valence-electron chi connectivity index (χ1n) is 7.30. The molecule has 0 aromatic heterocycles. The van der Waals surface area contributed by atoms with Crippen LogP contribution in [0.2, 0.25) is 0 Å². The fourth-order valence-electron chi connectivity index (χ4n) is 3.32. The Morgan fingerprint density at radius 1 is 1.19 bits per heavy atom. The van der Waals surface area contributed by atoms with Crippen molar-refractivity contribution in [3.05, 3.63) is 0 Å². The third-order valence-electron chi connectivity index (χ3n) is 4.67. The second kappa shape index (κ2) is 6.02. The molecule has 0 amide bonds. The Bertz CT molecular complexity index is 201. The van der Waals surface area contributed by atoms with E-state index in [9.17, 15) is 0 Å². The average Bonchev–Trinajstić information content (AvgIpc) is 2.77. The Morgan fingerprint density at radius 3 is 2.75 bits per heavy atom. The molecule has 0 radical (unpaired) electrons. The minimum atomic E-state index is 0.806. The van der Waals surface area contributed by atoms with Crippen molar-refractivity contribution in [3.63, 3.8) is 0 Å². The number of nitrogens with zero attached hydrogens (tertiary/aromatic N) is 1. The Labute approximate surface area is 101 Å². The van der Waals surface area contributed by atoms with Gasteiger partial charge in [-0.05, 0) is 51.2 Å². The molecular formula is C14H28N2. The SMILES string of the molecule is CCC(CC)CNC1CCN2CCCC2C1. The van der Waals surface area contributed by atoms with Gasteiger partial charge in [-0.15, -0.1) is 0 Å². The molecule has 0 aliphatic carbocycles. The van der Waals surface area contributed by atoms with E-state index >= 15 is 0 Å². The van der Waals surface area contributed by atoms with E-state index in [0.717, 1.165) is 18.0 Å². The lowest BCUT2D eigenvalue weighted by molar-refractivity contribution is 0.164. The third kappa shape index (κ3) is 2.98. The maximum Gasteiger partial charge on any atom is 0.0111 e.